The molecule has 1 aromatic carbocycles. The Labute approximate surface area is 146 Å². The summed E-state index contributed by atoms with van der Waals surface area (Å²) in [7, 11) is -4.23. The molecule has 0 aliphatic carbocycles. The van der Waals surface area contributed by atoms with Crippen LogP contribution in [0.5, 0.6) is 11.5 Å². The Hall–Kier alpha value is -2.30. The van der Waals surface area contributed by atoms with Gasteiger partial charge in [0.25, 0.3) is 0 Å². The molecule has 0 amide bonds. The molecule has 1 aliphatic heterocycles. The molecular formula is C15H15F4NO5S. The van der Waals surface area contributed by atoms with E-state index in [2.05, 4.69) is 21.2 Å². The molecule has 0 fully saturated rings. The van der Waals surface area contributed by atoms with Crippen LogP contribution in [-0.4, -0.2) is 31.6 Å². The minimum atomic E-state index is -4.23. The average Bonchev–Trinajstić information content (AvgIpc) is 2.94. The van der Waals surface area contributed by atoms with Gasteiger partial charge in [-0.3, -0.25) is 0 Å². The van der Waals surface area contributed by atoms with Crippen LogP contribution in [0.25, 0.3) is 0 Å². The van der Waals surface area contributed by atoms with E-state index in [0.29, 0.717) is 0 Å². The maximum atomic E-state index is 13.9. The Bertz CT molecular complexity index is 838. The third-order valence-corrected chi connectivity index (χ3v) is 4.58. The summed E-state index contributed by atoms with van der Waals surface area (Å²) in [6.45, 7) is 5.98. The van der Waals surface area contributed by atoms with Gasteiger partial charge in [-0.25, -0.2) is 8.42 Å². The number of sulfone groups is 1. The second kappa shape index (κ2) is 7.14. The second-order valence-corrected chi connectivity index (χ2v) is 7.84. The number of nitrogens with zero attached hydrogens (tertiary/aromatic N) is 1. The highest BCUT2D eigenvalue weighted by Crippen LogP contribution is 2.35. The molecule has 0 aromatic heterocycles. The average molecular weight is 397 g/mol. The molecule has 1 aromatic rings. The van der Waals surface area contributed by atoms with Crippen LogP contribution in [0.2, 0.25) is 0 Å². The summed E-state index contributed by atoms with van der Waals surface area (Å²) >= 11 is 0. The lowest BCUT2D eigenvalue weighted by molar-refractivity contribution is 0.0123. The van der Waals surface area contributed by atoms with Gasteiger partial charge in [0.1, 0.15) is 12.2 Å². The summed E-state index contributed by atoms with van der Waals surface area (Å²) in [6, 6.07) is 0. The van der Waals surface area contributed by atoms with E-state index in [9.17, 15) is 26.0 Å². The van der Waals surface area contributed by atoms with Crippen molar-refractivity contribution in [3.05, 3.63) is 35.9 Å². The first kappa shape index (κ1) is 20.0. The number of oxime groups is 1. The zero-order valence-electron chi connectivity index (χ0n) is 13.8. The molecule has 2 rings (SSSR count). The van der Waals surface area contributed by atoms with Crippen molar-refractivity contribution >= 4 is 14.9 Å². The molecule has 1 aliphatic rings. The fourth-order valence-electron chi connectivity index (χ4n) is 1.96. The summed E-state index contributed by atoms with van der Waals surface area (Å²) in [5.74, 6) is -11.7. The van der Waals surface area contributed by atoms with E-state index in [1.54, 1.807) is 13.8 Å². The third kappa shape index (κ3) is 3.92. The summed E-state index contributed by atoms with van der Waals surface area (Å²) in [4.78, 5) is 4.89. The van der Waals surface area contributed by atoms with Crippen LogP contribution in [0, 0.1) is 23.3 Å². The van der Waals surface area contributed by atoms with Crippen LogP contribution in [0.3, 0.4) is 0 Å². The van der Waals surface area contributed by atoms with Gasteiger partial charge in [0.2, 0.25) is 33.1 Å². The standard InChI is InChI=1S/C15H15F4NO5S/c1-4-5-23-13-9(16)11(18)14(12(19)10(13)17)24-7-26(21,22)8-6-15(2,3)25-20-8/h4H,1,5-7H2,2-3H3. The minimum absolute atomic E-state index is 0.0965. The summed E-state index contributed by atoms with van der Waals surface area (Å²) < 4.78 is 88.8. The first-order chi connectivity index (χ1) is 12.0. The third-order valence-electron chi connectivity index (χ3n) is 3.22. The van der Waals surface area contributed by atoms with Gasteiger partial charge in [-0.2, -0.15) is 17.6 Å². The maximum Gasteiger partial charge on any atom is 0.230 e. The van der Waals surface area contributed by atoms with Crippen molar-refractivity contribution in [1.82, 2.24) is 0 Å². The number of rotatable bonds is 6. The fourth-order valence-corrected chi connectivity index (χ4v) is 3.09. The van der Waals surface area contributed by atoms with E-state index in [4.69, 9.17) is 4.84 Å². The van der Waals surface area contributed by atoms with Crippen LogP contribution in [0.15, 0.2) is 17.8 Å². The van der Waals surface area contributed by atoms with Gasteiger partial charge >= 0.3 is 0 Å². The molecule has 0 spiro atoms. The lowest BCUT2D eigenvalue weighted by atomic mass is 10.1. The number of hydrogen-bond acceptors (Lipinski definition) is 6. The van der Waals surface area contributed by atoms with E-state index >= 15 is 0 Å². The molecule has 0 atom stereocenters. The quantitative estimate of drug-likeness (QED) is 0.419. The molecule has 0 N–H and O–H groups in total. The Kier molecular flexibility index (Phi) is 5.49. The minimum Gasteiger partial charge on any atom is -0.483 e. The van der Waals surface area contributed by atoms with Gasteiger partial charge in [-0.15, -0.1) is 0 Å². The van der Waals surface area contributed by atoms with Crippen LogP contribution in [0.4, 0.5) is 17.6 Å². The van der Waals surface area contributed by atoms with E-state index < -0.39 is 67.8 Å². The van der Waals surface area contributed by atoms with Crippen LogP contribution < -0.4 is 9.47 Å². The molecule has 0 saturated carbocycles. The maximum absolute atomic E-state index is 13.9. The lowest BCUT2D eigenvalue weighted by Gasteiger charge is -2.14. The number of ether oxygens (including phenoxy) is 2. The van der Waals surface area contributed by atoms with Gasteiger partial charge in [0, 0.05) is 6.42 Å². The predicted molar refractivity (Wildman–Crippen MR) is 83.6 cm³/mol. The highest BCUT2D eigenvalue weighted by Gasteiger charge is 2.37. The molecule has 26 heavy (non-hydrogen) atoms. The van der Waals surface area contributed by atoms with E-state index in [-0.39, 0.29) is 6.42 Å². The molecule has 6 nitrogen and oxygen atoms in total. The van der Waals surface area contributed by atoms with Gasteiger partial charge in [0.05, 0.1) is 0 Å². The second-order valence-electron chi connectivity index (χ2n) is 5.90. The highest BCUT2D eigenvalue weighted by molar-refractivity contribution is 8.06. The lowest BCUT2D eigenvalue weighted by Crippen LogP contribution is -2.26. The van der Waals surface area contributed by atoms with Crippen LogP contribution in [-0.2, 0) is 14.7 Å². The van der Waals surface area contributed by atoms with E-state index in [0.717, 1.165) is 6.08 Å². The summed E-state index contributed by atoms with van der Waals surface area (Å²) in [6.07, 6.45) is 1.01. The Balaban J connectivity index is 2.26. The van der Waals surface area contributed by atoms with Crippen molar-refractivity contribution < 1.29 is 40.3 Å². The summed E-state index contributed by atoms with van der Waals surface area (Å²) in [5, 5.41) is 2.98. The van der Waals surface area contributed by atoms with Gasteiger partial charge < -0.3 is 14.3 Å². The van der Waals surface area contributed by atoms with Gasteiger partial charge in [-0.05, 0) is 13.8 Å². The van der Waals surface area contributed by atoms with Crippen molar-refractivity contribution in [3.8, 4) is 11.5 Å². The molecule has 0 radical (unpaired) electrons. The van der Waals surface area contributed by atoms with Crippen LogP contribution >= 0.6 is 0 Å². The Morgan fingerprint density at radius 1 is 1.12 bits per heavy atom. The zero-order chi connectivity index (χ0) is 19.7. The number of benzene rings is 1. The van der Waals surface area contributed by atoms with Crippen molar-refractivity contribution in [2.24, 2.45) is 5.16 Å². The normalized spacial score (nSPS) is 16.0. The first-order valence-corrected chi connectivity index (χ1v) is 8.85. The molecule has 11 heteroatoms. The van der Waals surface area contributed by atoms with Crippen molar-refractivity contribution in [1.29, 1.82) is 0 Å². The Morgan fingerprint density at radius 2 is 1.62 bits per heavy atom. The van der Waals surface area contributed by atoms with Crippen LogP contribution in [0.1, 0.15) is 20.3 Å². The largest absolute Gasteiger partial charge is 0.483 e. The van der Waals surface area contributed by atoms with Gasteiger partial charge in [0.15, 0.2) is 22.5 Å². The highest BCUT2D eigenvalue weighted by atomic mass is 32.2. The predicted octanol–water partition coefficient (Wildman–Crippen LogP) is 3.07. The van der Waals surface area contributed by atoms with Crippen molar-refractivity contribution in [3.63, 3.8) is 0 Å². The van der Waals surface area contributed by atoms with Crippen molar-refractivity contribution in [2.45, 2.75) is 25.9 Å². The SMILES string of the molecule is C=CCOc1c(F)c(F)c(OCS(=O)(=O)C2=NOC(C)(C)C2)c(F)c1F. The number of halogens is 4. The molecule has 0 unspecified atom stereocenters. The zero-order valence-corrected chi connectivity index (χ0v) is 14.6. The molecule has 0 saturated heterocycles. The number of hydrogen-bond donors (Lipinski definition) is 0. The topological polar surface area (TPSA) is 74.2 Å². The Morgan fingerprint density at radius 3 is 2.04 bits per heavy atom. The van der Waals surface area contributed by atoms with Gasteiger partial charge in [-0.1, -0.05) is 17.8 Å². The fraction of sp³-hybridized carbons (Fsp3) is 0.400. The van der Waals surface area contributed by atoms with E-state index in [1.807, 2.05) is 0 Å². The molecule has 0 bridgehead atoms. The molecular weight excluding hydrogens is 382 g/mol. The smallest absolute Gasteiger partial charge is 0.230 e. The van der Waals surface area contributed by atoms with Crippen molar-refractivity contribution in [2.75, 3.05) is 12.5 Å². The molecule has 1 heterocycles. The monoisotopic (exact) mass is 397 g/mol. The van der Waals surface area contributed by atoms with E-state index in [1.165, 1.54) is 0 Å². The summed E-state index contributed by atoms with van der Waals surface area (Å²) in [5.41, 5.74) is -0.874. The molecule has 144 valence electrons. The first-order valence-electron chi connectivity index (χ1n) is 7.20.